The summed E-state index contributed by atoms with van der Waals surface area (Å²) >= 11 is 0. The van der Waals surface area contributed by atoms with Crippen LogP contribution in [0.4, 0.5) is 0 Å². The Morgan fingerprint density at radius 3 is 1.68 bits per heavy atom. The molecule has 0 heteroatoms. The van der Waals surface area contributed by atoms with E-state index < -0.39 is 0 Å². The predicted octanol–water partition coefficient (Wildman–Crippen LogP) is 7.02. The first kappa shape index (κ1) is 18.5. The molecule has 0 bridgehead atoms. The molecule has 0 atom stereocenters. The van der Waals surface area contributed by atoms with Crippen LogP contribution in [0.1, 0.15) is 90.4 Å². The van der Waals surface area contributed by atoms with Crippen LogP contribution in [0.15, 0.2) is 24.3 Å². The highest BCUT2D eigenvalue weighted by Gasteiger charge is 1.87. The van der Waals surface area contributed by atoms with Crippen molar-refractivity contribution in [1.82, 2.24) is 0 Å². The fraction of sp³-hybridized carbons (Fsp3) is 0.737. The van der Waals surface area contributed by atoms with E-state index in [2.05, 4.69) is 38.2 Å². The van der Waals surface area contributed by atoms with Crippen LogP contribution >= 0.6 is 0 Å². The van der Waals surface area contributed by atoms with Crippen molar-refractivity contribution >= 4 is 0 Å². The molecule has 0 aromatic carbocycles. The quantitative estimate of drug-likeness (QED) is 0.233. The Kier molecular flexibility index (Phi) is 17.0. The average molecular weight is 263 g/mol. The van der Waals surface area contributed by atoms with E-state index in [1.165, 1.54) is 70.6 Å². The summed E-state index contributed by atoms with van der Waals surface area (Å²) in [5.41, 5.74) is 0. The van der Waals surface area contributed by atoms with Crippen LogP contribution in [0.5, 0.6) is 0 Å². The zero-order valence-corrected chi connectivity index (χ0v) is 13.2. The van der Waals surface area contributed by atoms with Crippen LogP contribution in [-0.4, -0.2) is 0 Å². The van der Waals surface area contributed by atoms with Gasteiger partial charge in [0, 0.05) is 0 Å². The molecule has 0 aliphatic carbocycles. The zero-order chi connectivity index (χ0) is 14.0. The van der Waals surface area contributed by atoms with Gasteiger partial charge in [-0.1, -0.05) is 89.5 Å². The van der Waals surface area contributed by atoms with Crippen molar-refractivity contribution in [3.05, 3.63) is 31.2 Å². The molecule has 1 radical (unpaired) electrons. The molecular weight excluding hydrogens is 228 g/mol. The molecule has 0 nitrogen and oxygen atoms in total. The third-order valence-corrected chi connectivity index (χ3v) is 3.45. The first-order valence-electron chi connectivity index (χ1n) is 8.51. The van der Waals surface area contributed by atoms with Gasteiger partial charge in [-0.25, -0.2) is 0 Å². The molecule has 0 amide bonds. The van der Waals surface area contributed by atoms with Crippen molar-refractivity contribution in [2.24, 2.45) is 0 Å². The molecule has 0 aliphatic heterocycles. The van der Waals surface area contributed by atoms with Crippen LogP contribution in [0.3, 0.4) is 0 Å². The molecule has 0 aromatic rings. The second-order valence-electron chi connectivity index (χ2n) is 5.44. The lowest BCUT2D eigenvalue weighted by Gasteiger charge is -1.96. The van der Waals surface area contributed by atoms with Gasteiger partial charge in [-0.2, -0.15) is 0 Å². The average Bonchev–Trinajstić information content (AvgIpc) is 2.43. The van der Waals surface area contributed by atoms with Crippen molar-refractivity contribution in [2.75, 3.05) is 0 Å². The van der Waals surface area contributed by atoms with E-state index in [1.807, 2.05) is 0 Å². The minimum atomic E-state index is 1.10. The van der Waals surface area contributed by atoms with Gasteiger partial charge in [0.05, 0.1) is 0 Å². The number of allylic oxidation sites excluding steroid dienone is 4. The molecule has 0 rings (SSSR count). The lowest BCUT2D eigenvalue weighted by Crippen LogP contribution is -1.76. The Hall–Kier alpha value is -0.520. The number of hydrogen-bond acceptors (Lipinski definition) is 0. The maximum Gasteiger partial charge on any atom is -0.0169 e. The van der Waals surface area contributed by atoms with Crippen molar-refractivity contribution < 1.29 is 0 Å². The maximum absolute atomic E-state index is 3.87. The van der Waals surface area contributed by atoms with Gasteiger partial charge in [0.2, 0.25) is 0 Å². The van der Waals surface area contributed by atoms with Crippen LogP contribution in [-0.2, 0) is 0 Å². The minimum Gasteiger partial charge on any atom is -0.0882 e. The minimum absolute atomic E-state index is 1.10. The normalized spacial score (nSPS) is 11.9. The van der Waals surface area contributed by atoms with E-state index in [1.54, 1.807) is 0 Å². The van der Waals surface area contributed by atoms with E-state index >= 15 is 0 Å². The van der Waals surface area contributed by atoms with Crippen molar-refractivity contribution in [2.45, 2.75) is 90.4 Å². The van der Waals surface area contributed by atoms with Gasteiger partial charge in [0.15, 0.2) is 0 Å². The molecule has 111 valence electrons. The lowest BCUT2D eigenvalue weighted by molar-refractivity contribution is 0.637. The first-order valence-corrected chi connectivity index (χ1v) is 8.51. The molecule has 0 aromatic heterocycles. The molecule has 0 spiro atoms. The number of unbranched alkanes of at least 4 members (excludes halogenated alkanes) is 10. The van der Waals surface area contributed by atoms with Crippen molar-refractivity contribution in [1.29, 1.82) is 0 Å². The summed E-state index contributed by atoms with van der Waals surface area (Å²) in [6.07, 6.45) is 26.4. The Morgan fingerprint density at radius 1 is 0.632 bits per heavy atom. The monoisotopic (exact) mass is 263 g/mol. The summed E-state index contributed by atoms with van der Waals surface area (Å²) < 4.78 is 0. The SMILES string of the molecule is [CH2]CCCCCCC=CCC=CCCCCCCC. The maximum atomic E-state index is 3.87. The van der Waals surface area contributed by atoms with E-state index in [4.69, 9.17) is 0 Å². The van der Waals surface area contributed by atoms with Gasteiger partial charge in [-0.3, -0.25) is 0 Å². The topological polar surface area (TPSA) is 0 Å². The zero-order valence-electron chi connectivity index (χ0n) is 13.2. The predicted molar refractivity (Wildman–Crippen MR) is 89.3 cm³/mol. The molecule has 0 saturated heterocycles. The summed E-state index contributed by atoms with van der Waals surface area (Å²) in [5.74, 6) is 0. The molecular formula is C19H35. The second kappa shape index (κ2) is 17.5. The highest BCUT2D eigenvalue weighted by molar-refractivity contribution is 4.92. The van der Waals surface area contributed by atoms with Gasteiger partial charge in [0.1, 0.15) is 0 Å². The smallest absolute Gasteiger partial charge is 0.0169 e. The first-order chi connectivity index (χ1) is 9.41. The Morgan fingerprint density at radius 2 is 1.16 bits per heavy atom. The largest absolute Gasteiger partial charge is 0.0882 e. The van der Waals surface area contributed by atoms with Crippen LogP contribution in [0, 0.1) is 6.92 Å². The standard InChI is InChI=1S/C19H35/c1-3-5-7-9-11-13-15-17-19-18-16-14-12-10-8-6-4-2/h15-18H,1,3-14,19H2,2H3. The van der Waals surface area contributed by atoms with Gasteiger partial charge < -0.3 is 0 Å². The van der Waals surface area contributed by atoms with Gasteiger partial charge in [0.25, 0.3) is 0 Å². The Labute approximate surface area is 122 Å². The molecule has 0 N–H and O–H groups in total. The molecule has 19 heavy (non-hydrogen) atoms. The van der Waals surface area contributed by atoms with Gasteiger partial charge in [-0.15, -0.1) is 0 Å². The molecule has 0 saturated carbocycles. The summed E-state index contributed by atoms with van der Waals surface area (Å²) in [4.78, 5) is 0. The molecule has 0 aliphatic rings. The van der Waals surface area contributed by atoms with E-state index in [9.17, 15) is 0 Å². The highest BCUT2D eigenvalue weighted by atomic mass is 13.9. The summed E-state index contributed by atoms with van der Waals surface area (Å²) in [6, 6.07) is 0. The third-order valence-electron chi connectivity index (χ3n) is 3.45. The van der Waals surface area contributed by atoms with Gasteiger partial charge in [-0.05, 0) is 32.1 Å². The van der Waals surface area contributed by atoms with E-state index in [0.717, 1.165) is 12.8 Å². The second-order valence-corrected chi connectivity index (χ2v) is 5.44. The van der Waals surface area contributed by atoms with E-state index in [0.29, 0.717) is 0 Å². The molecule has 0 fully saturated rings. The highest BCUT2D eigenvalue weighted by Crippen LogP contribution is 2.07. The number of hydrogen-bond donors (Lipinski definition) is 0. The Balaban J connectivity index is 3.14. The van der Waals surface area contributed by atoms with Crippen LogP contribution in [0.25, 0.3) is 0 Å². The van der Waals surface area contributed by atoms with Crippen LogP contribution < -0.4 is 0 Å². The third kappa shape index (κ3) is 17.5. The molecule has 0 unspecified atom stereocenters. The fourth-order valence-electron chi connectivity index (χ4n) is 2.16. The summed E-state index contributed by atoms with van der Waals surface area (Å²) in [5, 5.41) is 0. The summed E-state index contributed by atoms with van der Waals surface area (Å²) in [6.45, 7) is 6.14. The Bertz CT molecular complexity index is 178. The van der Waals surface area contributed by atoms with Crippen molar-refractivity contribution in [3.63, 3.8) is 0 Å². The van der Waals surface area contributed by atoms with E-state index in [-0.39, 0.29) is 0 Å². The molecule has 0 heterocycles. The fourth-order valence-corrected chi connectivity index (χ4v) is 2.16. The number of rotatable bonds is 14. The summed E-state index contributed by atoms with van der Waals surface area (Å²) in [7, 11) is 0. The van der Waals surface area contributed by atoms with Crippen LogP contribution in [0.2, 0.25) is 0 Å². The van der Waals surface area contributed by atoms with Gasteiger partial charge >= 0.3 is 0 Å². The van der Waals surface area contributed by atoms with Crippen molar-refractivity contribution in [3.8, 4) is 0 Å². The lowest BCUT2D eigenvalue weighted by atomic mass is 10.1.